The highest BCUT2D eigenvalue weighted by Gasteiger charge is 2.09. The Morgan fingerprint density at radius 2 is 2.04 bits per heavy atom. The highest BCUT2D eigenvalue weighted by Crippen LogP contribution is 2.23. The second-order valence-corrected chi connectivity index (χ2v) is 6.63. The molecule has 0 bridgehead atoms. The van der Waals surface area contributed by atoms with Gasteiger partial charge in [0.05, 0.1) is 21.9 Å². The first-order chi connectivity index (χ1) is 11.2. The number of hydrogen-bond donors (Lipinski definition) is 1. The van der Waals surface area contributed by atoms with Crippen LogP contribution in [0.2, 0.25) is 0 Å². The van der Waals surface area contributed by atoms with Crippen LogP contribution in [0.4, 0.5) is 5.82 Å². The van der Waals surface area contributed by atoms with Crippen molar-refractivity contribution in [1.82, 2.24) is 19.6 Å². The molecule has 0 aliphatic rings. The second kappa shape index (κ2) is 5.62. The molecule has 0 aliphatic heterocycles. The maximum Gasteiger partial charge on any atom is 0.158 e. The van der Waals surface area contributed by atoms with E-state index in [1.54, 1.807) is 11.3 Å². The summed E-state index contributed by atoms with van der Waals surface area (Å²) in [6, 6.07) is 10.2. The third-order valence-electron chi connectivity index (χ3n) is 3.77. The molecular formula is C17H17N5S. The standard InChI is InChI=1S/C17H17N5S/c1-11-9-16-20-17(18-8-7-13-10-23-12(2)19-13)14-5-3-4-6-15(14)22(16)21-11/h3-6,9-10H,7-8H2,1-2H3,(H,18,20). The molecule has 0 spiro atoms. The van der Waals surface area contributed by atoms with E-state index in [0.29, 0.717) is 0 Å². The van der Waals surface area contributed by atoms with Crippen LogP contribution >= 0.6 is 11.3 Å². The van der Waals surface area contributed by atoms with E-state index in [1.807, 2.05) is 36.6 Å². The van der Waals surface area contributed by atoms with Gasteiger partial charge in [-0.1, -0.05) is 12.1 Å². The fourth-order valence-corrected chi connectivity index (χ4v) is 3.39. The molecule has 0 saturated carbocycles. The van der Waals surface area contributed by atoms with Crippen LogP contribution in [-0.4, -0.2) is 26.1 Å². The van der Waals surface area contributed by atoms with Crippen molar-refractivity contribution in [2.45, 2.75) is 20.3 Å². The van der Waals surface area contributed by atoms with Gasteiger partial charge in [-0.15, -0.1) is 11.3 Å². The van der Waals surface area contributed by atoms with E-state index in [0.717, 1.165) is 51.7 Å². The van der Waals surface area contributed by atoms with E-state index in [4.69, 9.17) is 4.98 Å². The lowest BCUT2D eigenvalue weighted by atomic mass is 10.2. The van der Waals surface area contributed by atoms with E-state index in [2.05, 4.69) is 32.9 Å². The molecular weight excluding hydrogens is 306 g/mol. The Bertz CT molecular complexity index is 985. The van der Waals surface area contributed by atoms with E-state index in [1.165, 1.54) is 0 Å². The number of thiazole rings is 1. The van der Waals surface area contributed by atoms with Crippen LogP contribution in [0.1, 0.15) is 16.4 Å². The fraction of sp³-hybridized carbons (Fsp3) is 0.235. The summed E-state index contributed by atoms with van der Waals surface area (Å²) in [5, 5.41) is 12.3. The first-order valence-corrected chi connectivity index (χ1v) is 8.49. The molecule has 3 aromatic heterocycles. The number of hydrogen-bond acceptors (Lipinski definition) is 5. The number of aryl methyl sites for hydroxylation is 2. The van der Waals surface area contributed by atoms with Gasteiger partial charge in [0, 0.05) is 29.8 Å². The maximum absolute atomic E-state index is 4.73. The van der Waals surface area contributed by atoms with Crippen LogP contribution in [0.15, 0.2) is 35.7 Å². The monoisotopic (exact) mass is 323 g/mol. The summed E-state index contributed by atoms with van der Waals surface area (Å²) >= 11 is 1.69. The first kappa shape index (κ1) is 14.1. The number of benzene rings is 1. The Hall–Kier alpha value is -2.47. The van der Waals surface area contributed by atoms with Crippen LogP contribution in [0.5, 0.6) is 0 Å². The van der Waals surface area contributed by atoms with Gasteiger partial charge < -0.3 is 5.32 Å². The van der Waals surface area contributed by atoms with Gasteiger partial charge in [-0.25, -0.2) is 14.5 Å². The van der Waals surface area contributed by atoms with Crippen molar-refractivity contribution in [3.63, 3.8) is 0 Å². The third kappa shape index (κ3) is 2.66. The Labute approximate surface area is 138 Å². The highest BCUT2D eigenvalue weighted by molar-refractivity contribution is 7.09. The Balaban J connectivity index is 1.67. The molecule has 0 radical (unpaired) electrons. The van der Waals surface area contributed by atoms with Crippen LogP contribution in [-0.2, 0) is 6.42 Å². The van der Waals surface area contributed by atoms with E-state index < -0.39 is 0 Å². The summed E-state index contributed by atoms with van der Waals surface area (Å²) in [4.78, 5) is 9.23. The van der Waals surface area contributed by atoms with Crippen molar-refractivity contribution in [3.05, 3.63) is 52.1 Å². The number of para-hydroxylation sites is 1. The fourth-order valence-electron chi connectivity index (χ4n) is 2.74. The summed E-state index contributed by atoms with van der Waals surface area (Å²) in [7, 11) is 0. The van der Waals surface area contributed by atoms with Crippen LogP contribution in [0.25, 0.3) is 16.6 Å². The van der Waals surface area contributed by atoms with Crippen molar-refractivity contribution in [2.24, 2.45) is 0 Å². The number of nitrogens with zero attached hydrogens (tertiary/aromatic N) is 4. The Kier molecular flexibility index (Phi) is 3.46. The lowest BCUT2D eigenvalue weighted by Crippen LogP contribution is -2.08. The Morgan fingerprint density at radius 1 is 1.17 bits per heavy atom. The predicted molar refractivity (Wildman–Crippen MR) is 94.3 cm³/mol. The SMILES string of the molecule is Cc1cc2nc(NCCc3csc(C)n3)c3ccccc3n2n1. The Morgan fingerprint density at radius 3 is 2.87 bits per heavy atom. The third-order valence-corrected chi connectivity index (χ3v) is 4.59. The average Bonchev–Trinajstić information content (AvgIpc) is 3.12. The molecule has 0 unspecified atom stereocenters. The smallest absolute Gasteiger partial charge is 0.158 e. The minimum atomic E-state index is 0.809. The van der Waals surface area contributed by atoms with Crippen LogP contribution < -0.4 is 5.32 Å². The molecule has 0 saturated heterocycles. The average molecular weight is 323 g/mol. The van der Waals surface area contributed by atoms with E-state index >= 15 is 0 Å². The first-order valence-electron chi connectivity index (χ1n) is 7.61. The summed E-state index contributed by atoms with van der Waals surface area (Å²) in [5.41, 5.74) is 4.04. The van der Waals surface area contributed by atoms with E-state index in [-0.39, 0.29) is 0 Å². The number of anilines is 1. The minimum absolute atomic E-state index is 0.809. The van der Waals surface area contributed by atoms with Gasteiger partial charge >= 0.3 is 0 Å². The maximum atomic E-state index is 4.73. The van der Waals surface area contributed by atoms with Crippen molar-refractivity contribution in [3.8, 4) is 0 Å². The minimum Gasteiger partial charge on any atom is -0.369 e. The molecule has 116 valence electrons. The largest absolute Gasteiger partial charge is 0.369 e. The molecule has 1 N–H and O–H groups in total. The number of aromatic nitrogens is 4. The molecule has 0 atom stereocenters. The summed E-state index contributed by atoms with van der Waals surface area (Å²) in [5.74, 6) is 0.903. The predicted octanol–water partition coefficient (Wildman–Crippen LogP) is 3.61. The molecule has 3 heterocycles. The van der Waals surface area contributed by atoms with Crippen LogP contribution in [0.3, 0.4) is 0 Å². The van der Waals surface area contributed by atoms with E-state index in [9.17, 15) is 0 Å². The molecule has 0 aliphatic carbocycles. The zero-order chi connectivity index (χ0) is 15.8. The van der Waals surface area contributed by atoms with Gasteiger partial charge in [-0.05, 0) is 26.0 Å². The zero-order valence-corrected chi connectivity index (χ0v) is 13.9. The molecule has 6 heteroatoms. The van der Waals surface area contributed by atoms with Gasteiger partial charge in [-0.3, -0.25) is 0 Å². The van der Waals surface area contributed by atoms with Crippen LogP contribution in [0, 0.1) is 13.8 Å². The van der Waals surface area contributed by atoms with Gasteiger partial charge in [0.25, 0.3) is 0 Å². The van der Waals surface area contributed by atoms with Gasteiger partial charge in [0.1, 0.15) is 5.82 Å². The molecule has 4 aromatic rings. The molecule has 23 heavy (non-hydrogen) atoms. The van der Waals surface area contributed by atoms with Crippen molar-refractivity contribution >= 4 is 33.7 Å². The van der Waals surface area contributed by atoms with Gasteiger partial charge in [0.2, 0.25) is 0 Å². The number of fused-ring (bicyclic) bond motifs is 3. The summed E-state index contributed by atoms with van der Waals surface area (Å²) in [6.07, 6.45) is 0.893. The lowest BCUT2D eigenvalue weighted by Gasteiger charge is -2.09. The number of rotatable bonds is 4. The van der Waals surface area contributed by atoms with Crippen molar-refractivity contribution < 1.29 is 0 Å². The molecule has 0 fully saturated rings. The highest BCUT2D eigenvalue weighted by atomic mass is 32.1. The lowest BCUT2D eigenvalue weighted by molar-refractivity contribution is 0.942. The molecule has 5 nitrogen and oxygen atoms in total. The summed E-state index contributed by atoms with van der Waals surface area (Å²) < 4.78 is 1.90. The molecule has 1 aromatic carbocycles. The second-order valence-electron chi connectivity index (χ2n) is 5.57. The van der Waals surface area contributed by atoms with Gasteiger partial charge in [0.15, 0.2) is 5.65 Å². The zero-order valence-electron chi connectivity index (χ0n) is 13.1. The quantitative estimate of drug-likeness (QED) is 0.623. The van der Waals surface area contributed by atoms with Crippen molar-refractivity contribution in [1.29, 1.82) is 0 Å². The molecule has 4 rings (SSSR count). The van der Waals surface area contributed by atoms with Gasteiger partial charge in [-0.2, -0.15) is 5.10 Å². The normalized spacial score (nSPS) is 11.4. The number of nitrogens with one attached hydrogen (secondary N) is 1. The molecule has 0 amide bonds. The topological polar surface area (TPSA) is 55.1 Å². The van der Waals surface area contributed by atoms with Crippen molar-refractivity contribution in [2.75, 3.05) is 11.9 Å². The summed E-state index contributed by atoms with van der Waals surface area (Å²) in [6.45, 7) is 4.83.